The zero-order valence-electron chi connectivity index (χ0n) is 35.3. The van der Waals surface area contributed by atoms with Crippen LogP contribution in [0.1, 0.15) is 109 Å². The van der Waals surface area contributed by atoms with Crippen LogP contribution in [-0.4, -0.2) is 154 Å². The molecule has 0 aromatic rings. The van der Waals surface area contributed by atoms with E-state index in [0.717, 1.165) is 44.9 Å². The third-order valence-electron chi connectivity index (χ3n) is 9.74. The number of amides is 5. The second kappa shape index (κ2) is 37.5. The number of carbonyl (C=O) groups is 5. The number of nitrogens with one attached hydrogen (secondary N) is 7. The van der Waals surface area contributed by atoms with Crippen LogP contribution in [0.25, 0.3) is 0 Å². The first-order valence-corrected chi connectivity index (χ1v) is 22.7. The molecule has 1 aliphatic heterocycles. The summed E-state index contributed by atoms with van der Waals surface area (Å²) in [4.78, 5) is 72.1. The first kappa shape index (κ1) is 55.9. The van der Waals surface area contributed by atoms with E-state index in [1.165, 1.54) is 0 Å². The molecule has 1 rings (SSSR count). The van der Waals surface area contributed by atoms with Crippen molar-refractivity contribution in [2.75, 3.05) is 92.1 Å². The molecule has 0 aromatic carbocycles. The molecule has 0 unspecified atom stereocenters. The lowest BCUT2D eigenvalue weighted by Gasteiger charge is -2.34. The van der Waals surface area contributed by atoms with E-state index >= 15 is 0 Å². The predicted molar refractivity (Wildman–Crippen MR) is 231 cm³/mol. The molecule has 0 radical (unpaired) electrons. The molecule has 18 nitrogen and oxygen atoms in total. The lowest BCUT2D eigenvalue weighted by molar-refractivity contribution is -0.133. The highest BCUT2D eigenvalue weighted by Crippen LogP contribution is 2.20. The van der Waals surface area contributed by atoms with E-state index in [0.29, 0.717) is 77.8 Å². The molecule has 1 aliphatic rings. The highest BCUT2D eigenvalue weighted by molar-refractivity contribution is 6.13. The number of rotatable bonds is 40. The summed E-state index contributed by atoms with van der Waals surface area (Å²) in [6, 6.07) is -0.292. The van der Waals surface area contributed by atoms with E-state index < -0.39 is 11.6 Å². The Morgan fingerprint density at radius 3 is 1.35 bits per heavy atom. The van der Waals surface area contributed by atoms with Crippen molar-refractivity contribution < 1.29 is 48.4 Å². The van der Waals surface area contributed by atoms with E-state index in [1.807, 2.05) is 0 Å². The molecular formula is C39H73Cl3N8O10. The fourth-order valence-electron chi connectivity index (χ4n) is 6.44. The number of carbonyl (C=O) groups excluding carboxylic acids is 5. The van der Waals surface area contributed by atoms with Gasteiger partial charge in [-0.05, 0) is 73.9 Å². The first-order chi connectivity index (χ1) is 29.1. The molecule has 1 saturated heterocycles. The molecule has 9 N–H and O–H groups in total. The molecule has 21 heteroatoms. The second-order valence-corrected chi connectivity index (χ2v) is 15.9. The molecule has 350 valence electrons. The van der Waals surface area contributed by atoms with Gasteiger partial charge in [-0.1, -0.05) is 38.5 Å². The summed E-state index contributed by atoms with van der Waals surface area (Å²) in [6.07, 6.45) is 9.94. The summed E-state index contributed by atoms with van der Waals surface area (Å²) in [6.45, 7) is 3.22. The zero-order valence-corrected chi connectivity index (χ0v) is 37.6. The number of nitrogens with zero attached hydrogens (tertiary/aromatic N) is 1. The Kier molecular flexibility index (Phi) is 34.9. The smallest absolute Gasteiger partial charge is 0.222 e. The second-order valence-electron chi connectivity index (χ2n) is 15.1. The number of likely N-dealkylation sites (tertiary alicyclic amines) is 1. The van der Waals surface area contributed by atoms with Gasteiger partial charge in [0.1, 0.15) is 5.54 Å². The summed E-state index contributed by atoms with van der Waals surface area (Å²) >= 11 is 16.4. The SMILES string of the molecule is O=C(CCOCC(COCCC(=O)NCCCNCl)(COCCC(=O)NCCCNCl)NC(=O)CCCCCCCCCCC(=O)N1C[C@H](O)C[C@H]1CO)NCCCNCl. The van der Waals surface area contributed by atoms with Crippen LogP contribution < -0.4 is 35.8 Å². The minimum Gasteiger partial charge on any atom is -0.394 e. The summed E-state index contributed by atoms with van der Waals surface area (Å²) in [5.74, 6) is -0.834. The van der Waals surface area contributed by atoms with Crippen molar-refractivity contribution in [2.45, 2.75) is 127 Å². The maximum absolute atomic E-state index is 13.4. The van der Waals surface area contributed by atoms with Gasteiger partial charge in [-0.15, -0.1) is 0 Å². The van der Waals surface area contributed by atoms with Gasteiger partial charge >= 0.3 is 0 Å². The van der Waals surface area contributed by atoms with Gasteiger partial charge < -0.3 is 50.6 Å². The normalized spacial score (nSPS) is 15.2. The summed E-state index contributed by atoms with van der Waals surface area (Å²) in [5.41, 5.74) is -1.18. The van der Waals surface area contributed by atoms with Crippen LogP contribution in [0.4, 0.5) is 0 Å². The molecule has 0 aliphatic carbocycles. The Balaban J connectivity index is 2.72. The minimum absolute atomic E-state index is 0.0160. The van der Waals surface area contributed by atoms with Crippen LogP contribution in [-0.2, 0) is 38.2 Å². The van der Waals surface area contributed by atoms with Gasteiger partial charge in [0.25, 0.3) is 0 Å². The molecule has 0 saturated carbocycles. The first-order valence-electron chi connectivity index (χ1n) is 21.5. The Morgan fingerprint density at radius 2 is 0.950 bits per heavy atom. The maximum Gasteiger partial charge on any atom is 0.222 e. The van der Waals surface area contributed by atoms with Crippen molar-refractivity contribution in [1.82, 2.24) is 40.7 Å². The third kappa shape index (κ3) is 29.2. The van der Waals surface area contributed by atoms with E-state index in [-0.39, 0.29) is 114 Å². The molecule has 5 amide bonds. The summed E-state index contributed by atoms with van der Waals surface area (Å²) in [7, 11) is 0. The van der Waals surface area contributed by atoms with Gasteiger partial charge in [0.15, 0.2) is 0 Å². The number of aliphatic hydroxyl groups is 2. The largest absolute Gasteiger partial charge is 0.394 e. The Hall–Kier alpha value is -2.10. The molecule has 60 heavy (non-hydrogen) atoms. The fraction of sp³-hybridized carbons (Fsp3) is 0.872. The van der Waals surface area contributed by atoms with Crippen molar-refractivity contribution in [3.63, 3.8) is 0 Å². The predicted octanol–water partition coefficient (Wildman–Crippen LogP) is 1.67. The number of hydrogen-bond donors (Lipinski definition) is 9. The molecule has 1 fully saturated rings. The van der Waals surface area contributed by atoms with E-state index in [9.17, 15) is 34.2 Å². The highest BCUT2D eigenvalue weighted by Gasteiger charge is 2.35. The molecule has 2 atom stereocenters. The number of halogens is 3. The summed E-state index contributed by atoms with van der Waals surface area (Å²) < 4.78 is 17.9. The number of unbranched alkanes of at least 4 members (excludes halogenated alkanes) is 7. The number of ether oxygens (including phenoxy) is 3. The Labute approximate surface area is 371 Å². The van der Waals surface area contributed by atoms with Crippen LogP contribution in [0, 0.1) is 0 Å². The van der Waals surface area contributed by atoms with Gasteiger partial charge in [0.05, 0.1) is 58.4 Å². The van der Waals surface area contributed by atoms with Crippen molar-refractivity contribution in [1.29, 1.82) is 0 Å². The van der Waals surface area contributed by atoms with Crippen molar-refractivity contribution in [3.05, 3.63) is 0 Å². The van der Waals surface area contributed by atoms with Crippen LogP contribution >= 0.6 is 35.3 Å². The zero-order chi connectivity index (χ0) is 44.1. The maximum atomic E-state index is 13.4. The van der Waals surface area contributed by atoms with Crippen molar-refractivity contribution in [3.8, 4) is 0 Å². The van der Waals surface area contributed by atoms with Gasteiger partial charge in [0, 0.05) is 77.9 Å². The fourth-order valence-corrected chi connectivity index (χ4v) is 6.84. The molecule has 0 spiro atoms. The average Bonchev–Trinajstić information content (AvgIpc) is 3.63. The third-order valence-corrected chi connectivity index (χ3v) is 10.3. The van der Waals surface area contributed by atoms with Crippen molar-refractivity contribution in [2.24, 2.45) is 0 Å². The van der Waals surface area contributed by atoms with Crippen LogP contribution in [0.2, 0.25) is 0 Å². The number of β-amino-alcohol motifs (C(OH)–C–C–N with tert-alkyl or cyclic N) is 1. The van der Waals surface area contributed by atoms with Gasteiger partial charge in [0.2, 0.25) is 29.5 Å². The van der Waals surface area contributed by atoms with E-state index in [2.05, 4.69) is 35.8 Å². The van der Waals surface area contributed by atoms with Gasteiger partial charge in [-0.3, -0.25) is 24.0 Å². The Bertz CT molecular complexity index is 1090. The van der Waals surface area contributed by atoms with Gasteiger partial charge in [-0.25, -0.2) is 14.5 Å². The number of hydrogen-bond acceptors (Lipinski definition) is 13. The molecular weight excluding hydrogens is 847 g/mol. The van der Waals surface area contributed by atoms with Crippen molar-refractivity contribution >= 4 is 64.9 Å². The molecule has 1 heterocycles. The van der Waals surface area contributed by atoms with E-state index in [4.69, 9.17) is 49.5 Å². The Morgan fingerprint density at radius 1 is 0.550 bits per heavy atom. The molecule has 0 aromatic heterocycles. The molecule has 0 bridgehead atoms. The monoisotopic (exact) mass is 918 g/mol. The number of aliphatic hydroxyl groups excluding tert-OH is 2. The summed E-state index contributed by atoms with van der Waals surface area (Å²) in [5, 5.41) is 30.8. The topological polar surface area (TPSA) is 241 Å². The van der Waals surface area contributed by atoms with Crippen LogP contribution in [0.5, 0.6) is 0 Å². The highest BCUT2D eigenvalue weighted by atomic mass is 35.5. The lowest BCUT2D eigenvalue weighted by Crippen LogP contribution is -2.58. The average molecular weight is 920 g/mol. The lowest BCUT2D eigenvalue weighted by atomic mass is 10.0. The minimum atomic E-state index is -1.18. The van der Waals surface area contributed by atoms with Crippen LogP contribution in [0.3, 0.4) is 0 Å². The van der Waals surface area contributed by atoms with Gasteiger partial charge in [-0.2, -0.15) is 0 Å². The van der Waals surface area contributed by atoms with E-state index in [1.54, 1.807) is 4.90 Å². The standard InChI is InChI=1S/C39H73Cl3N8O10/c40-46-20-9-17-43-34(53)14-23-58-29-39(30-59-24-15-35(54)44-18-10-21-47-41,31-60-25-16-36(55)45-19-11-22-48-42)49-37(56)12-7-5-3-1-2-4-6-8-13-38(57)50-27-33(52)26-32(50)28-51/h32-33,46-48,51-52H,1-31H2,(H,43,53)(H,44,54)(H,45,55)(H,49,56)/t32-,33+/m0/s1. The quantitative estimate of drug-likeness (QED) is 0.0315. The van der Waals surface area contributed by atoms with Crippen LogP contribution in [0.15, 0.2) is 0 Å².